The van der Waals surface area contributed by atoms with Gasteiger partial charge in [-0.1, -0.05) is 19.8 Å². The van der Waals surface area contributed by atoms with Crippen molar-refractivity contribution in [2.24, 2.45) is 17.6 Å². The molecule has 1 aromatic heterocycles. The van der Waals surface area contributed by atoms with Gasteiger partial charge in [-0.25, -0.2) is 9.78 Å². The van der Waals surface area contributed by atoms with Gasteiger partial charge in [0.2, 0.25) is 5.91 Å². The van der Waals surface area contributed by atoms with Gasteiger partial charge in [0.15, 0.2) is 0 Å². The van der Waals surface area contributed by atoms with E-state index in [2.05, 4.69) is 27.9 Å². The number of hydrogen-bond donors (Lipinski definition) is 4. The molecule has 1 aliphatic rings. The number of aromatic nitrogens is 1. The van der Waals surface area contributed by atoms with Gasteiger partial charge in [0.25, 0.3) is 0 Å². The van der Waals surface area contributed by atoms with E-state index in [1.807, 2.05) is 19.1 Å². The number of rotatable bonds is 8. The smallest absolute Gasteiger partial charge is 0.408 e. The molecule has 1 unspecified atom stereocenters. The molecule has 1 aromatic rings. The minimum absolute atomic E-state index is 0.0685. The SMILES string of the molecule is CC1CCC(C(NC(=O)OC(C)(C)C)C(=O)Nc2cc(CN[C@H](C)CN)ccn2)CC1. The number of pyridine rings is 1. The van der Waals surface area contributed by atoms with Gasteiger partial charge >= 0.3 is 6.09 Å². The number of anilines is 1. The molecule has 0 aliphatic heterocycles. The Morgan fingerprint density at radius 2 is 1.94 bits per heavy atom. The first-order chi connectivity index (χ1) is 14.6. The quantitative estimate of drug-likeness (QED) is 0.500. The van der Waals surface area contributed by atoms with Crippen LogP contribution in [-0.4, -0.2) is 41.2 Å². The molecular weight excluding hydrogens is 394 g/mol. The molecular formula is C23H39N5O3. The van der Waals surface area contributed by atoms with Crippen LogP contribution < -0.4 is 21.7 Å². The molecule has 8 heteroatoms. The van der Waals surface area contributed by atoms with E-state index in [0.717, 1.165) is 31.2 Å². The van der Waals surface area contributed by atoms with E-state index < -0.39 is 17.7 Å². The number of hydrogen-bond acceptors (Lipinski definition) is 6. The summed E-state index contributed by atoms with van der Waals surface area (Å²) in [5.74, 6) is 0.908. The minimum atomic E-state index is -0.664. The highest BCUT2D eigenvalue weighted by Crippen LogP contribution is 2.31. The average molecular weight is 434 g/mol. The van der Waals surface area contributed by atoms with E-state index in [1.165, 1.54) is 0 Å². The Hall–Kier alpha value is -2.19. The monoisotopic (exact) mass is 433 g/mol. The molecule has 1 fully saturated rings. The second kappa shape index (κ2) is 11.4. The summed E-state index contributed by atoms with van der Waals surface area (Å²) < 4.78 is 5.40. The third kappa shape index (κ3) is 8.83. The highest BCUT2D eigenvalue weighted by atomic mass is 16.6. The van der Waals surface area contributed by atoms with Crippen LogP contribution in [0.3, 0.4) is 0 Å². The fourth-order valence-corrected chi connectivity index (χ4v) is 3.68. The van der Waals surface area contributed by atoms with Gasteiger partial charge in [0.05, 0.1) is 0 Å². The molecule has 5 N–H and O–H groups in total. The Morgan fingerprint density at radius 3 is 2.55 bits per heavy atom. The molecule has 0 spiro atoms. The first kappa shape index (κ1) is 25.1. The molecule has 0 saturated heterocycles. The van der Waals surface area contributed by atoms with Crippen LogP contribution in [0.15, 0.2) is 18.3 Å². The van der Waals surface area contributed by atoms with E-state index in [0.29, 0.717) is 24.8 Å². The normalized spacial score (nSPS) is 21.1. The predicted octanol–water partition coefficient (Wildman–Crippen LogP) is 3.18. The number of ether oxygens (including phenoxy) is 1. The van der Waals surface area contributed by atoms with Crippen molar-refractivity contribution < 1.29 is 14.3 Å². The Morgan fingerprint density at radius 1 is 1.26 bits per heavy atom. The Balaban J connectivity index is 2.08. The van der Waals surface area contributed by atoms with E-state index in [-0.39, 0.29) is 17.9 Å². The van der Waals surface area contributed by atoms with Gasteiger partial charge in [-0.15, -0.1) is 0 Å². The van der Waals surface area contributed by atoms with Crippen molar-refractivity contribution in [3.05, 3.63) is 23.9 Å². The largest absolute Gasteiger partial charge is 0.444 e. The number of amides is 2. The maximum absolute atomic E-state index is 13.2. The summed E-state index contributed by atoms with van der Waals surface area (Å²) >= 11 is 0. The van der Waals surface area contributed by atoms with Crippen LogP contribution >= 0.6 is 0 Å². The predicted molar refractivity (Wildman–Crippen MR) is 123 cm³/mol. The highest BCUT2D eigenvalue weighted by molar-refractivity contribution is 5.96. The molecule has 2 atom stereocenters. The molecule has 1 heterocycles. The molecule has 1 aliphatic carbocycles. The third-order valence-electron chi connectivity index (χ3n) is 5.57. The van der Waals surface area contributed by atoms with Gasteiger partial charge in [0.1, 0.15) is 17.5 Å². The van der Waals surface area contributed by atoms with Crippen LogP contribution in [-0.2, 0) is 16.1 Å². The Bertz CT molecular complexity index is 726. The fourth-order valence-electron chi connectivity index (χ4n) is 3.68. The van der Waals surface area contributed by atoms with Crippen LogP contribution in [0.5, 0.6) is 0 Å². The maximum atomic E-state index is 13.2. The van der Waals surface area contributed by atoms with Crippen LogP contribution in [0.2, 0.25) is 0 Å². The number of alkyl carbamates (subject to hydrolysis) is 1. The number of carbonyl (C=O) groups is 2. The van der Waals surface area contributed by atoms with Crippen molar-refractivity contribution in [1.82, 2.24) is 15.6 Å². The summed E-state index contributed by atoms with van der Waals surface area (Å²) in [6, 6.07) is 3.26. The summed E-state index contributed by atoms with van der Waals surface area (Å²) in [5.41, 5.74) is 6.01. The zero-order chi connectivity index (χ0) is 23.0. The molecule has 31 heavy (non-hydrogen) atoms. The topological polar surface area (TPSA) is 118 Å². The third-order valence-corrected chi connectivity index (χ3v) is 5.57. The summed E-state index contributed by atoms with van der Waals surface area (Å²) in [6.07, 6.45) is 4.96. The lowest BCUT2D eigenvalue weighted by molar-refractivity contribution is -0.119. The fraction of sp³-hybridized carbons (Fsp3) is 0.696. The van der Waals surface area contributed by atoms with Gasteiger partial charge in [-0.2, -0.15) is 0 Å². The van der Waals surface area contributed by atoms with Crippen LogP contribution in [0.4, 0.5) is 10.6 Å². The van der Waals surface area contributed by atoms with Crippen molar-refractivity contribution >= 4 is 17.8 Å². The summed E-state index contributed by atoms with van der Waals surface area (Å²) in [4.78, 5) is 29.9. The summed E-state index contributed by atoms with van der Waals surface area (Å²) in [6.45, 7) is 10.8. The lowest BCUT2D eigenvalue weighted by Gasteiger charge is -2.32. The molecule has 2 rings (SSSR count). The number of carbonyl (C=O) groups excluding carboxylic acids is 2. The van der Waals surface area contributed by atoms with E-state index in [1.54, 1.807) is 27.0 Å². The van der Waals surface area contributed by atoms with Crippen LogP contribution in [0, 0.1) is 11.8 Å². The Kier molecular flexibility index (Phi) is 9.25. The van der Waals surface area contributed by atoms with Gasteiger partial charge < -0.3 is 26.4 Å². The van der Waals surface area contributed by atoms with Crippen LogP contribution in [0.1, 0.15) is 65.9 Å². The van der Waals surface area contributed by atoms with Crippen molar-refractivity contribution in [3.63, 3.8) is 0 Å². The van der Waals surface area contributed by atoms with E-state index in [4.69, 9.17) is 10.5 Å². The van der Waals surface area contributed by atoms with Crippen molar-refractivity contribution in [2.45, 2.75) is 84.5 Å². The van der Waals surface area contributed by atoms with Crippen molar-refractivity contribution in [3.8, 4) is 0 Å². The zero-order valence-corrected chi connectivity index (χ0v) is 19.5. The standard InChI is InChI=1S/C23H39N5O3/c1-15-6-8-18(9-7-15)20(28-22(30)31-23(3,4)5)21(29)27-19-12-17(10-11-25-19)14-26-16(2)13-24/h10-12,15-16,18,20,26H,6-9,13-14,24H2,1-5H3,(H,28,30)(H,25,27,29)/t15?,16-,18?,20?/m1/s1. The van der Waals surface area contributed by atoms with Gasteiger partial charge in [0, 0.05) is 25.3 Å². The highest BCUT2D eigenvalue weighted by Gasteiger charge is 2.34. The number of nitrogens with zero attached hydrogens (tertiary/aromatic N) is 1. The van der Waals surface area contributed by atoms with Gasteiger partial charge in [-0.3, -0.25) is 4.79 Å². The van der Waals surface area contributed by atoms with Gasteiger partial charge in [-0.05, 0) is 70.1 Å². The summed E-state index contributed by atoms with van der Waals surface area (Å²) in [5, 5.41) is 9.02. The molecule has 2 amide bonds. The first-order valence-electron chi connectivity index (χ1n) is 11.3. The lowest BCUT2D eigenvalue weighted by atomic mass is 9.79. The Labute approximate surface area is 186 Å². The average Bonchev–Trinajstić information content (AvgIpc) is 2.70. The summed E-state index contributed by atoms with van der Waals surface area (Å²) in [7, 11) is 0. The maximum Gasteiger partial charge on any atom is 0.408 e. The first-order valence-corrected chi connectivity index (χ1v) is 11.3. The molecule has 0 radical (unpaired) electrons. The zero-order valence-electron chi connectivity index (χ0n) is 19.5. The molecule has 8 nitrogen and oxygen atoms in total. The van der Waals surface area contributed by atoms with E-state index in [9.17, 15) is 9.59 Å². The second-order valence-corrected chi connectivity index (χ2v) is 9.70. The molecule has 0 bridgehead atoms. The lowest BCUT2D eigenvalue weighted by Crippen LogP contribution is -2.50. The minimum Gasteiger partial charge on any atom is -0.444 e. The second-order valence-electron chi connectivity index (χ2n) is 9.70. The van der Waals surface area contributed by atoms with Crippen molar-refractivity contribution in [2.75, 3.05) is 11.9 Å². The number of nitrogens with two attached hydrogens (primary N) is 1. The number of nitrogens with one attached hydrogen (secondary N) is 3. The van der Waals surface area contributed by atoms with Crippen molar-refractivity contribution in [1.29, 1.82) is 0 Å². The molecule has 0 aromatic carbocycles. The molecule has 174 valence electrons. The van der Waals surface area contributed by atoms with E-state index >= 15 is 0 Å². The van der Waals surface area contributed by atoms with Crippen LogP contribution in [0.25, 0.3) is 0 Å². The molecule has 1 saturated carbocycles.